The molecule has 9 nitrogen and oxygen atoms in total. The van der Waals surface area contributed by atoms with E-state index < -0.39 is 0 Å². The molecule has 2 aromatic carbocycles. The Morgan fingerprint density at radius 2 is 1.60 bits per heavy atom. The lowest BCUT2D eigenvalue weighted by Gasteiger charge is -2.01. The molecule has 0 amide bonds. The van der Waals surface area contributed by atoms with Crippen LogP contribution in [0.1, 0.15) is 10.6 Å². The third-order valence-corrected chi connectivity index (χ3v) is 5.11. The van der Waals surface area contributed by atoms with E-state index in [1.54, 1.807) is 0 Å². The Hall–Kier alpha value is -3.92. The molecule has 0 aliphatic rings. The molecule has 30 heavy (non-hydrogen) atoms. The van der Waals surface area contributed by atoms with E-state index in [4.69, 9.17) is 0 Å². The molecule has 0 saturated carbocycles. The van der Waals surface area contributed by atoms with Gasteiger partial charge in [0.1, 0.15) is 11.6 Å². The average Bonchev–Trinajstić information content (AvgIpc) is 3.53. The van der Waals surface area contributed by atoms with Crippen molar-refractivity contribution in [2.75, 3.05) is 5.32 Å². The third-order valence-electron chi connectivity index (χ3n) is 4.29. The predicted octanol–water partition coefficient (Wildman–Crippen LogP) is 3.23. The van der Waals surface area contributed by atoms with E-state index in [2.05, 4.69) is 48.2 Å². The molecule has 3 aromatic heterocycles. The predicted molar refractivity (Wildman–Crippen MR) is 113 cm³/mol. The SMILES string of the molecule is c1ccc(Cn2ccc(Nc3nnc(Cn4nnc(-c5ccccc5)n4)s3)n2)cc1. The van der Waals surface area contributed by atoms with Gasteiger partial charge in [-0.15, -0.1) is 20.4 Å². The quantitative estimate of drug-likeness (QED) is 0.436. The summed E-state index contributed by atoms with van der Waals surface area (Å²) in [5.74, 6) is 1.31. The van der Waals surface area contributed by atoms with Crippen molar-refractivity contribution in [3.63, 3.8) is 0 Å². The van der Waals surface area contributed by atoms with Crippen LogP contribution in [0.15, 0.2) is 72.9 Å². The van der Waals surface area contributed by atoms with Gasteiger partial charge < -0.3 is 5.32 Å². The van der Waals surface area contributed by atoms with Crippen molar-refractivity contribution >= 4 is 22.3 Å². The molecule has 5 aromatic rings. The fourth-order valence-electron chi connectivity index (χ4n) is 2.90. The molecule has 0 spiro atoms. The second kappa shape index (κ2) is 8.21. The van der Waals surface area contributed by atoms with Gasteiger partial charge in [0, 0.05) is 17.8 Å². The standard InChI is InChI=1S/C20H17N9S/c1-3-7-15(8-4-1)13-28-12-11-17(25-28)21-20-24-22-18(30-20)14-29-26-19(23-27-29)16-9-5-2-6-10-16/h1-12H,13-14H2,(H,21,24,25). The number of rotatable bonds is 7. The third kappa shape index (κ3) is 4.23. The van der Waals surface area contributed by atoms with Gasteiger partial charge in [-0.1, -0.05) is 72.0 Å². The molecule has 0 radical (unpaired) electrons. The van der Waals surface area contributed by atoms with Crippen molar-refractivity contribution in [2.24, 2.45) is 0 Å². The maximum absolute atomic E-state index is 4.54. The Morgan fingerprint density at radius 1 is 0.800 bits per heavy atom. The molecule has 0 saturated heterocycles. The highest BCUT2D eigenvalue weighted by Gasteiger charge is 2.10. The van der Waals surface area contributed by atoms with Crippen LogP contribution in [0.3, 0.4) is 0 Å². The van der Waals surface area contributed by atoms with Crippen LogP contribution in [0.25, 0.3) is 11.4 Å². The summed E-state index contributed by atoms with van der Waals surface area (Å²) < 4.78 is 1.88. The summed E-state index contributed by atoms with van der Waals surface area (Å²) in [6.07, 6.45) is 1.93. The number of nitrogens with zero attached hydrogens (tertiary/aromatic N) is 8. The molecule has 0 unspecified atom stereocenters. The van der Waals surface area contributed by atoms with E-state index in [-0.39, 0.29) is 0 Å². The number of nitrogens with one attached hydrogen (secondary N) is 1. The Kier molecular flexibility index (Phi) is 4.96. The van der Waals surface area contributed by atoms with Gasteiger partial charge in [-0.05, 0) is 10.8 Å². The normalized spacial score (nSPS) is 10.9. The smallest absolute Gasteiger partial charge is 0.211 e. The highest BCUT2D eigenvalue weighted by molar-refractivity contribution is 7.15. The minimum Gasteiger partial charge on any atom is -0.313 e. The van der Waals surface area contributed by atoms with Gasteiger partial charge in [0.25, 0.3) is 0 Å². The van der Waals surface area contributed by atoms with Gasteiger partial charge in [-0.3, -0.25) is 4.68 Å². The summed E-state index contributed by atoms with van der Waals surface area (Å²) in [7, 11) is 0. The first kappa shape index (κ1) is 18.1. The second-order valence-electron chi connectivity index (χ2n) is 6.52. The zero-order valence-corrected chi connectivity index (χ0v) is 16.6. The first-order valence-electron chi connectivity index (χ1n) is 9.32. The van der Waals surface area contributed by atoms with Gasteiger partial charge in [-0.25, -0.2) is 0 Å². The van der Waals surface area contributed by atoms with E-state index in [1.807, 2.05) is 65.5 Å². The zero-order valence-electron chi connectivity index (χ0n) is 15.8. The van der Waals surface area contributed by atoms with Crippen LogP contribution < -0.4 is 5.32 Å². The minimum absolute atomic E-state index is 0.404. The Labute approximate surface area is 176 Å². The number of hydrogen-bond donors (Lipinski definition) is 1. The van der Waals surface area contributed by atoms with Gasteiger partial charge >= 0.3 is 0 Å². The summed E-state index contributed by atoms with van der Waals surface area (Å²) in [5, 5.41) is 30.2. The number of tetrazole rings is 1. The van der Waals surface area contributed by atoms with E-state index in [9.17, 15) is 0 Å². The zero-order chi connectivity index (χ0) is 20.2. The largest absolute Gasteiger partial charge is 0.313 e. The molecule has 0 bridgehead atoms. The van der Waals surface area contributed by atoms with E-state index in [0.29, 0.717) is 24.0 Å². The summed E-state index contributed by atoms with van der Waals surface area (Å²) in [6, 6.07) is 21.9. The van der Waals surface area contributed by atoms with Crippen molar-refractivity contribution in [1.29, 1.82) is 0 Å². The lowest BCUT2D eigenvalue weighted by molar-refractivity contribution is 0.568. The van der Waals surface area contributed by atoms with Crippen LogP contribution in [0.5, 0.6) is 0 Å². The summed E-state index contributed by atoms with van der Waals surface area (Å²) in [6.45, 7) is 1.12. The maximum Gasteiger partial charge on any atom is 0.211 e. The topological polar surface area (TPSA) is 99.2 Å². The van der Waals surface area contributed by atoms with Crippen LogP contribution in [0.2, 0.25) is 0 Å². The molecular weight excluding hydrogens is 398 g/mol. The van der Waals surface area contributed by atoms with Gasteiger partial charge in [0.2, 0.25) is 11.0 Å². The summed E-state index contributed by atoms with van der Waals surface area (Å²) >= 11 is 1.43. The summed E-state index contributed by atoms with van der Waals surface area (Å²) in [5.41, 5.74) is 2.12. The monoisotopic (exact) mass is 415 g/mol. The van der Waals surface area contributed by atoms with Crippen LogP contribution in [0.4, 0.5) is 10.9 Å². The highest BCUT2D eigenvalue weighted by Crippen LogP contribution is 2.20. The van der Waals surface area contributed by atoms with E-state index in [0.717, 1.165) is 16.4 Å². The average molecular weight is 415 g/mol. The van der Waals surface area contributed by atoms with Crippen molar-refractivity contribution in [3.8, 4) is 11.4 Å². The Bertz CT molecular complexity index is 1230. The molecule has 3 heterocycles. The van der Waals surface area contributed by atoms with Crippen LogP contribution in [-0.4, -0.2) is 40.2 Å². The highest BCUT2D eigenvalue weighted by atomic mass is 32.1. The van der Waals surface area contributed by atoms with Crippen LogP contribution >= 0.6 is 11.3 Å². The van der Waals surface area contributed by atoms with Crippen LogP contribution in [-0.2, 0) is 13.1 Å². The van der Waals surface area contributed by atoms with E-state index >= 15 is 0 Å². The van der Waals surface area contributed by atoms with Crippen molar-refractivity contribution in [3.05, 3.63) is 83.5 Å². The van der Waals surface area contributed by atoms with Crippen molar-refractivity contribution < 1.29 is 0 Å². The summed E-state index contributed by atoms with van der Waals surface area (Å²) in [4.78, 5) is 1.52. The fourth-order valence-corrected chi connectivity index (χ4v) is 3.62. The molecule has 10 heteroatoms. The molecule has 1 N–H and O–H groups in total. The molecule has 0 aliphatic carbocycles. The minimum atomic E-state index is 0.404. The van der Waals surface area contributed by atoms with Gasteiger partial charge in [0.15, 0.2) is 5.82 Å². The number of aromatic nitrogens is 8. The number of hydrogen-bond acceptors (Lipinski definition) is 8. The first-order valence-corrected chi connectivity index (χ1v) is 10.1. The molecule has 0 aliphatic heterocycles. The second-order valence-corrected chi connectivity index (χ2v) is 7.58. The number of anilines is 2. The maximum atomic E-state index is 4.54. The molecule has 0 atom stereocenters. The van der Waals surface area contributed by atoms with Gasteiger partial charge in [-0.2, -0.15) is 9.90 Å². The molecule has 148 valence electrons. The van der Waals surface area contributed by atoms with Crippen molar-refractivity contribution in [1.82, 2.24) is 40.2 Å². The Morgan fingerprint density at radius 3 is 2.43 bits per heavy atom. The lowest BCUT2D eigenvalue weighted by atomic mass is 10.2. The van der Waals surface area contributed by atoms with E-state index in [1.165, 1.54) is 21.7 Å². The Balaban J connectivity index is 1.22. The first-order chi connectivity index (χ1) is 14.8. The fraction of sp³-hybridized carbons (Fsp3) is 0.100. The lowest BCUT2D eigenvalue weighted by Crippen LogP contribution is -2.03. The number of benzene rings is 2. The molecule has 5 rings (SSSR count). The van der Waals surface area contributed by atoms with Gasteiger partial charge in [0.05, 0.1) is 6.54 Å². The molecule has 0 fully saturated rings. The van der Waals surface area contributed by atoms with Crippen LogP contribution in [0, 0.1) is 0 Å². The molecular formula is C20H17N9S. The van der Waals surface area contributed by atoms with Crippen molar-refractivity contribution in [2.45, 2.75) is 13.1 Å².